The van der Waals surface area contributed by atoms with Crippen LogP contribution in [0.1, 0.15) is 6.92 Å². The van der Waals surface area contributed by atoms with Gasteiger partial charge in [0.05, 0.1) is 12.8 Å². The molecule has 4 heteroatoms. The largest absolute Gasteiger partial charge is 0.328 e. The van der Waals surface area contributed by atoms with Crippen LogP contribution < -0.4 is 0 Å². The first-order valence-corrected chi connectivity index (χ1v) is 4.14. The SMILES string of the molecule is [CH2]CP(=O)(O)OCC. The minimum absolute atomic E-state index is 0.0547. The molecule has 0 rings (SSSR count). The van der Waals surface area contributed by atoms with Gasteiger partial charge in [-0.15, -0.1) is 0 Å². The van der Waals surface area contributed by atoms with E-state index in [0.717, 1.165) is 0 Å². The Morgan fingerprint density at radius 3 is 2.50 bits per heavy atom. The maximum absolute atomic E-state index is 10.5. The molecule has 0 bridgehead atoms. The summed E-state index contributed by atoms with van der Waals surface area (Å²) in [6.45, 7) is 5.17. The zero-order valence-electron chi connectivity index (χ0n) is 4.83. The quantitative estimate of drug-likeness (QED) is 0.591. The summed E-state index contributed by atoms with van der Waals surface area (Å²) in [4.78, 5) is 8.59. The van der Waals surface area contributed by atoms with Crippen molar-refractivity contribution >= 4 is 7.60 Å². The van der Waals surface area contributed by atoms with E-state index in [4.69, 9.17) is 4.89 Å². The molecule has 0 amide bonds. The van der Waals surface area contributed by atoms with Gasteiger partial charge in [0.2, 0.25) is 0 Å². The van der Waals surface area contributed by atoms with Crippen molar-refractivity contribution in [3.8, 4) is 0 Å². The Balaban J connectivity index is 3.55. The third kappa shape index (κ3) is 3.19. The highest BCUT2D eigenvalue weighted by atomic mass is 31.2. The lowest BCUT2D eigenvalue weighted by Crippen LogP contribution is -1.89. The van der Waals surface area contributed by atoms with E-state index < -0.39 is 7.60 Å². The van der Waals surface area contributed by atoms with E-state index in [1.165, 1.54) is 0 Å². The summed E-state index contributed by atoms with van der Waals surface area (Å²) in [5.74, 6) is 0. The Morgan fingerprint density at radius 2 is 2.38 bits per heavy atom. The zero-order chi connectivity index (χ0) is 6.62. The van der Waals surface area contributed by atoms with Gasteiger partial charge >= 0.3 is 7.60 Å². The summed E-state index contributed by atoms with van der Waals surface area (Å²) in [5, 5.41) is 0. The van der Waals surface area contributed by atoms with Gasteiger partial charge in [-0.3, -0.25) is 4.57 Å². The van der Waals surface area contributed by atoms with Crippen LogP contribution >= 0.6 is 7.60 Å². The zero-order valence-corrected chi connectivity index (χ0v) is 5.73. The van der Waals surface area contributed by atoms with Gasteiger partial charge < -0.3 is 9.42 Å². The lowest BCUT2D eigenvalue weighted by atomic mass is 10.9. The van der Waals surface area contributed by atoms with Crippen LogP contribution in [0.5, 0.6) is 0 Å². The van der Waals surface area contributed by atoms with Crippen LogP contribution in [0.3, 0.4) is 0 Å². The highest BCUT2D eigenvalue weighted by molar-refractivity contribution is 7.52. The molecule has 3 nitrogen and oxygen atoms in total. The fourth-order valence-corrected chi connectivity index (χ4v) is 0.799. The van der Waals surface area contributed by atoms with Crippen LogP contribution in [0.2, 0.25) is 0 Å². The molecule has 49 valence electrons. The molecule has 1 radical (unpaired) electrons. The van der Waals surface area contributed by atoms with E-state index in [2.05, 4.69) is 11.4 Å². The number of hydrogen-bond donors (Lipinski definition) is 1. The first-order valence-electron chi connectivity index (χ1n) is 2.38. The molecule has 1 atom stereocenters. The molecule has 0 saturated carbocycles. The summed E-state index contributed by atoms with van der Waals surface area (Å²) in [6.07, 6.45) is -0.0547. The molecular weight excluding hydrogens is 127 g/mol. The van der Waals surface area contributed by atoms with Gasteiger partial charge in [-0.1, -0.05) is 0 Å². The highest BCUT2D eigenvalue weighted by Gasteiger charge is 2.12. The van der Waals surface area contributed by atoms with Gasteiger partial charge in [0.1, 0.15) is 0 Å². The van der Waals surface area contributed by atoms with E-state index in [1.807, 2.05) is 0 Å². The second-order valence-electron chi connectivity index (χ2n) is 1.28. The van der Waals surface area contributed by atoms with E-state index in [1.54, 1.807) is 6.92 Å². The molecule has 0 fully saturated rings. The van der Waals surface area contributed by atoms with Crippen molar-refractivity contribution in [1.29, 1.82) is 0 Å². The van der Waals surface area contributed by atoms with E-state index in [9.17, 15) is 4.57 Å². The van der Waals surface area contributed by atoms with Crippen LogP contribution in [0.15, 0.2) is 0 Å². The van der Waals surface area contributed by atoms with Gasteiger partial charge in [0, 0.05) is 0 Å². The van der Waals surface area contributed by atoms with Crippen molar-refractivity contribution in [3.05, 3.63) is 6.92 Å². The lowest BCUT2D eigenvalue weighted by molar-refractivity contribution is 0.276. The van der Waals surface area contributed by atoms with E-state index in [0.29, 0.717) is 0 Å². The van der Waals surface area contributed by atoms with E-state index >= 15 is 0 Å². The maximum Gasteiger partial charge on any atom is 0.328 e. The predicted octanol–water partition coefficient (Wildman–Crippen LogP) is 1.04. The summed E-state index contributed by atoms with van der Waals surface area (Å²) < 4.78 is 14.9. The van der Waals surface area contributed by atoms with Gasteiger partial charge in [-0.2, -0.15) is 0 Å². The lowest BCUT2D eigenvalue weighted by Gasteiger charge is -2.05. The Hall–Kier alpha value is 0.150. The molecule has 0 aromatic carbocycles. The first-order chi connectivity index (χ1) is 3.62. The normalized spacial score (nSPS) is 17.9. The summed E-state index contributed by atoms with van der Waals surface area (Å²) in [6, 6.07) is 0. The smallest absolute Gasteiger partial charge is 0.324 e. The molecule has 0 aliphatic rings. The number of hydrogen-bond acceptors (Lipinski definition) is 2. The summed E-state index contributed by atoms with van der Waals surface area (Å²) in [5.41, 5.74) is 0. The third-order valence-electron chi connectivity index (χ3n) is 0.613. The van der Waals surface area contributed by atoms with Crippen molar-refractivity contribution in [2.45, 2.75) is 6.92 Å². The second-order valence-corrected chi connectivity index (χ2v) is 3.26. The van der Waals surface area contributed by atoms with Gasteiger partial charge in [-0.25, -0.2) is 0 Å². The molecule has 8 heavy (non-hydrogen) atoms. The fraction of sp³-hybridized carbons (Fsp3) is 0.750. The monoisotopic (exact) mass is 137 g/mol. The Kier molecular flexibility index (Phi) is 3.29. The standard InChI is InChI=1S/C4H10O3P/c1-3-7-8(5,6)4-2/h2-4H2,1H3,(H,5,6). The van der Waals surface area contributed by atoms with Crippen LogP contribution in [0, 0.1) is 6.92 Å². The van der Waals surface area contributed by atoms with Crippen molar-refractivity contribution in [1.82, 2.24) is 0 Å². The predicted molar refractivity (Wildman–Crippen MR) is 31.7 cm³/mol. The Bertz CT molecular complexity index is 101. The molecule has 0 saturated heterocycles. The molecular formula is C4H10O3P. The van der Waals surface area contributed by atoms with Crippen molar-refractivity contribution in [2.24, 2.45) is 0 Å². The molecule has 0 aliphatic carbocycles. The Morgan fingerprint density at radius 1 is 1.88 bits per heavy atom. The van der Waals surface area contributed by atoms with Gasteiger partial charge in [-0.05, 0) is 13.8 Å². The fourth-order valence-electron chi connectivity index (χ4n) is 0.266. The van der Waals surface area contributed by atoms with Crippen LogP contribution in [-0.4, -0.2) is 17.7 Å². The van der Waals surface area contributed by atoms with Crippen LogP contribution in [0.4, 0.5) is 0 Å². The van der Waals surface area contributed by atoms with Crippen molar-refractivity contribution in [2.75, 3.05) is 12.8 Å². The molecule has 1 unspecified atom stereocenters. The van der Waals surface area contributed by atoms with Gasteiger partial charge in [0.15, 0.2) is 0 Å². The van der Waals surface area contributed by atoms with E-state index in [-0.39, 0.29) is 12.8 Å². The topological polar surface area (TPSA) is 46.5 Å². The number of rotatable bonds is 3. The highest BCUT2D eigenvalue weighted by Crippen LogP contribution is 2.40. The van der Waals surface area contributed by atoms with Crippen molar-refractivity contribution < 1.29 is 14.0 Å². The average Bonchev–Trinajstić information content (AvgIpc) is 1.67. The minimum atomic E-state index is -3.28. The average molecular weight is 137 g/mol. The Labute approximate surface area is 49.2 Å². The van der Waals surface area contributed by atoms with Crippen molar-refractivity contribution in [3.63, 3.8) is 0 Å². The molecule has 0 aromatic heterocycles. The molecule has 0 heterocycles. The van der Waals surface area contributed by atoms with Crippen LogP contribution in [-0.2, 0) is 9.09 Å². The summed E-state index contributed by atoms with van der Waals surface area (Å²) >= 11 is 0. The third-order valence-corrected chi connectivity index (χ3v) is 1.84. The minimum Gasteiger partial charge on any atom is -0.324 e. The molecule has 0 spiro atoms. The molecule has 1 N–H and O–H groups in total. The second kappa shape index (κ2) is 3.23. The van der Waals surface area contributed by atoms with Crippen LogP contribution in [0.25, 0.3) is 0 Å². The first kappa shape index (κ1) is 8.15. The molecule has 0 aliphatic heterocycles. The molecule has 0 aromatic rings. The van der Waals surface area contributed by atoms with Gasteiger partial charge in [0.25, 0.3) is 0 Å². The summed E-state index contributed by atoms with van der Waals surface area (Å²) in [7, 11) is -3.28. The maximum atomic E-state index is 10.5.